The third-order valence-electron chi connectivity index (χ3n) is 3.37. The number of hydrogen-bond donors (Lipinski definition) is 2. The average Bonchev–Trinajstić information content (AvgIpc) is 2.48. The number of oxime groups is 1. The molecule has 0 radical (unpaired) electrons. The molecule has 0 aromatic carbocycles. The van der Waals surface area contributed by atoms with Gasteiger partial charge in [0.1, 0.15) is 18.3 Å². The molecule has 0 bridgehead atoms. The quantitative estimate of drug-likeness (QED) is 0.261. The van der Waals surface area contributed by atoms with Crippen molar-refractivity contribution in [1.29, 1.82) is 0 Å². The number of aliphatic hydroxyl groups is 2. The fourth-order valence-corrected chi connectivity index (χ4v) is 2.32. The summed E-state index contributed by atoms with van der Waals surface area (Å²) in [7, 11) is 0. The van der Waals surface area contributed by atoms with Gasteiger partial charge in [-0.1, -0.05) is 6.42 Å². The van der Waals surface area contributed by atoms with Gasteiger partial charge in [0.15, 0.2) is 12.4 Å². The molecule has 116 valence electrons. The molecule has 2 heterocycles. The van der Waals surface area contributed by atoms with Crippen molar-refractivity contribution >= 4 is 5.90 Å². The first kappa shape index (κ1) is 15.5. The molecular formula is C14H21N3O4. The van der Waals surface area contributed by atoms with Gasteiger partial charge in [0.2, 0.25) is 0 Å². The van der Waals surface area contributed by atoms with Crippen LogP contribution in [0.4, 0.5) is 0 Å². The molecule has 0 aliphatic carbocycles. The van der Waals surface area contributed by atoms with Crippen LogP contribution >= 0.6 is 0 Å². The van der Waals surface area contributed by atoms with Gasteiger partial charge in [0, 0.05) is 12.6 Å². The maximum atomic E-state index is 11.1. The molecule has 7 heteroatoms. The average molecular weight is 295 g/mol. The second-order valence-electron chi connectivity index (χ2n) is 5.18. The molecule has 1 saturated heterocycles. The first-order valence-corrected chi connectivity index (χ1v) is 7.13. The van der Waals surface area contributed by atoms with E-state index in [2.05, 4.69) is 10.1 Å². The lowest BCUT2D eigenvalue weighted by Crippen LogP contribution is -2.38. The molecule has 1 fully saturated rings. The minimum absolute atomic E-state index is 0.00473. The van der Waals surface area contributed by atoms with Gasteiger partial charge in [0.25, 0.3) is 5.90 Å². The molecule has 0 spiro atoms. The molecule has 2 rings (SSSR count). The number of piperidine rings is 1. The zero-order valence-electron chi connectivity index (χ0n) is 11.9. The smallest absolute Gasteiger partial charge is 0.261 e. The molecule has 1 aromatic heterocycles. The minimum atomic E-state index is -0.653. The van der Waals surface area contributed by atoms with Gasteiger partial charge in [-0.25, -0.2) is 0 Å². The number of aromatic nitrogens is 1. The van der Waals surface area contributed by atoms with Crippen LogP contribution in [0.5, 0.6) is 0 Å². The van der Waals surface area contributed by atoms with E-state index in [1.807, 2.05) is 0 Å². The Labute approximate surface area is 123 Å². The van der Waals surface area contributed by atoms with E-state index in [0.717, 1.165) is 25.9 Å². The minimum Gasteiger partial charge on any atom is -0.619 e. The number of aliphatic hydroxyl groups excluding tert-OH is 2. The number of nitrogens with zero attached hydrogens (tertiary/aromatic N) is 3. The molecule has 2 N–H and O–H groups in total. The van der Waals surface area contributed by atoms with Gasteiger partial charge in [-0.3, -0.25) is 0 Å². The monoisotopic (exact) mass is 295 g/mol. The van der Waals surface area contributed by atoms with Crippen LogP contribution in [0.1, 0.15) is 24.8 Å². The predicted octanol–water partition coefficient (Wildman–Crippen LogP) is 0.403. The SMILES string of the molecule is [O-][n+]1cccc(/C(O)=N/OCC(O)CN2CCCCC2)c1. The summed E-state index contributed by atoms with van der Waals surface area (Å²) in [5.74, 6) is -0.384. The summed E-state index contributed by atoms with van der Waals surface area (Å²) in [4.78, 5) is 7.14. The van der Waals surface area contributed by atoms with Crippen molar-refractivity contribution in [2.45, 2.75) is 25.4 Å². The fraction of sp³-hybridized carbons (Fsp3) is 0.571. The van der Waals surface area contributed by atoms with Gasteiger partial charge < -0.3 is 25.2 Å². The first-order chi connectivity index (χ1) is 10.1. The predicted molar refractivity (Wildman–Crippen MR) is 76.8 cm³/mol. The zero-order valence-corrected chi connectivity index (χ0v) is 11.9. The maximum Gasteiger partial charge on any atom is 0.261 e. The Morgan fingerprint density at radius 3 is 2.90 bits per heavy atom. The number of rotatable bonds is 6. The van der Waals surface area contributed by atoms with Crippen LogP contribution in [0.25, 0.3) is 0 Å². The third-order valence-corrected chi connectivity index (χ3v) is 3.37. The zero-order chi connectivity index (χ0) is 15.1. The normalized spacial score (nSPS) is 18.4. The van der Waals surface area contributed by atoms with Gasteiger partial charge in [-0.2, -0.15) is 4.73 Å². The van der Waals surface area contributed by atoms with Crippen molar-refractivity contribution in [3.8, 4) is 0 Å². The molecule has 21 heavy (non-hydrogen) atoms. The Bertz CT molecular complexity index is 475. The largest absolute Gasteiger partial charge is 0.619 e. The van der Waals surface area contributed by atoms with E-state index in [-0.39, 0.29) is 18.1 Å². The lowest BCUT2D eigenvalue weighted by Gasteiger charge is -2.27. The summed E-state index contributed by atoms with van der Waals surface area (Å²) in [6.07, 6.45) is 5.41. The first-order valence-electron chi connectivity index (χ1n) is 7.13. The Kier molecular flexibility index (Phi) is 5.77. The summed E-state index contributed by atoms with van der Waals surface area (Å²) in [5.41, 5.74) is 0.262. The van der Waals surface area contributed by atoms with E-state index in [1.54, 1.807) is 6.07 Å². The molecule has 1 aromatic rings. The van der Waals surface area contributed by atoms with Crippen LogP contribution in [0.15, 0.2) is 29.7 Å². The highest BCUT2D eigenvalue weighted by atomic mass is 16.6. The van der Waals surface area contributed by atoms with Crippen LogP contribution in [0, 0.1) is 5.21 Å². The van der Waals surface area contributed by atoms with E-state index in [0.29, 0.717) is 11.3 Å². The lowest BCUT2D eigenvalue weighted by molar-refractivity contribution is -0.605. The van der Waals surface area contributed by atoms with E-state index in [4.69, 9.17) is 4.84 Å². The highest BCUT2D eigenvalue weighted by molar-refractivity contribution is 5.91. The van der Waals surface area contributed by atoms with Crippen molar-refractivity contribution in [3.05, 3.63) is 35.3 Å². The second kappa shape index (κ2) is 7.80. The van der Waals surface area contributed by atoms with Gasteiger partial charge in [-0.15, -0.1) is 0 Å². The summed E-state index contributed by atoms with van der Waals surface area (Å²) in [5, 5.41) is 34.1. The maximum absolute atomic E-state index is 11.1. The number of β-amino-alcohol motifs (C(OH)–C–C–N with tert-alkyl or cyclic N) is 1. The van der Waals surface area contributed by atoms with E-state index in [9.17, 15) is 15.4 Å². The second-order valence-corrected chi connectivity index (χ2v) is 5.18. The van der Waals surface area contributed by atoms with Crippen molar-refractivity contribution in [3.63, 3.8) is 0 Å². The third kappa shape index (κ3) is 5.20. The summed E-state index contributed by atoms with van der Waals surface area (Å²) < 4.78 is 0.562. The van der Waals surface area contributed by atoms with Gasteiger partial charge in [0.05, 0.1) is 0 Å². The summed E-state index contributed by atoms with van der Waals surface area (Å²) >= 11 is 0. The standard InChI is InChI=1S/C14H21N3O4/c18-13(10-16-6-2-1-3-7-16)11-21-15-14(19)12-5-4-8-17(20)9-12/h4-5,8-9,13,18H,1-3,6-7,10-11H2,(H,15,19). The summed E-state index contributed by atoms with van der Waals surface area (Å²) in [6.45, 7) is 2.55. The van der Waals surface area contributed by atoms with Crippen molar-refractivity contribution < 1.29 is 19.8 Å². The van der Waals surface area contributed by atoms with Crippen molar-refractivity contribution in [2.75, 3.05) is 26.2 Å². The topological polar surface area (TPSA) is 92.2 Å². The summed E-state index contributed by atoms with van der Waals surface area (Å²) in [6, 6.07) is 3.04. The van der Waals surface area contributed by atoms with Crippen molar-refractivity contribution in [2.24, 2.45) is 5.16 Å². The van der Waals surface area contributed by atoms with Crippen LogP contribution in [0.3, 0.4) is 0 Å². The number of likely N-dealkylation sites (tertiary alicyclic amines) is 1. The highest BCUT2D eigenvalue weighted by Crippen LogP contribution is 2.09. The Hall–Kier alpha value is -1.86. The number of pyridine rings is 1. The Morgan fingerprint density at radius 1 is 1.43 bits per heavy atom. The van der Waals surface area contributed by atoms with Crippen LogP contribution in [0.2, 0.25) is 0 Å². The molecular weight excluding hydrogens is 274 g/mol. The molecule has 1 aliphatic rings. The van der Waals surface area contributed by atoms with E-state index >= 15 is 0 Å². The van der Waals surface area contributed by atoms with Gasteiger partial charge >= 0.3 is 0 Å². The molecule has 1 atom stereocenters. The molecule has 0 saturated carbocycles. The van der Waals surface area contributed by atoms with Crippen LogP contribution in [-0.4, -0.2) is 53.4 Å². The van der Waals surface area contributed by atoms with Crippen LogP contribution in [-0.2, 0) is 4.84 Å². The molecule has 1 unspecified atom stereocenters. The van der Waals surface area contributed by atoms with Crippen LogP contribution < -0.4 is 4.73 Å². The molecule has 7 nitrogen and oxygen atoms in total. The van der Waals surface area contributed by atoms with E-state index < -0.39 is 6.10 Å². The van der Waals surface area contributed by atoms with Crippen molar-refractivity contribution in [1.82, 2.24) is 4.90 Å². The molecule has 0 amide bonds. The highest BCUT2D eigenvalue weighted by Gasteiger charge is 2.15. The number of hydrogen-bond acceptors (Lipinski definition) is 5. The fourth-order valence-electron chi connectivity index (χ4n) is 2.32. The Morgan fingerprint density at radius 2 is 2.19 bits per heavy atom. The lowest BCUT2D eigenvalue weighted by atomic mass is 10.1. The Balaban J connectivity index is 1.75. The van der Waals surface area contributed by atoms with E-state index in [1.165, 1.54) is 24.9 Å². The van der Waals surface area contributed by atoms with Gasteiger partial charge in [-0.05, 0) is 37.2 Å². The molecule has 1 aliphatic heterocycles.